The van der Waals surface area contributed by atoms with Crippen molar-refractivity contribution >= 4 is 43.3 Å². The van der Waals surface area contributed by atoms with E-state index in [1.807, 2.05) is 0 Å². The van der Waals surface area contributed by atoms with Gasteiger partial charge in [0, 0.05) is 18.6 Å². The molecule has 1 rings (SSSR count). The summed E-state index contributed by atoms with van der Waals surface area (Å²) >= 11 is 4.84. The predicted molar refractivity (Wildman–Crippen MR) is 78.9 cm³/mol. The lowest BCUT2D eigenvalue weighted by Gasteiger charge is -2.08. The van der Waals surface area contributed by atoms with E-state index in [4.69, 9.17) is 0 Å². The van der Waals surface area contributed by atoms with Gasteiger partial charge in [0.25, 0.3) is 0 Å². The van der Waals surface area contributed by atoms with Gasteiger partial charge in [-0.05, 0) is 22.4 Å². The Bertz CT molecular complexity index is 494. The van der Waals surface area contributed by atoms with Gasteiger partial charge in [0.1, 0.15) is 27.0 Å². The van der Waals surface area contributed by atoms with Crippen molar-refractivity contribution in [2.24, 2.45) is 0 Å². The van der Waals surface area contributed by atoms with Crippen molar-refractivity contribution in [3.63, 3.8) is 0 Å². The summed E-state index contributed by atoms with van der Waals surface area (Å²) in [7, 11) is -2.93. The Balaban J connectivity index is 2.66. The Labute approximate surface area is 120 Å². The maximum absolute atomic E-state index is 11.0. The highest BCUT2D eigenvalue weighted by Gasteiger charge is 2.10. The van der Waals surface area contributed by atoms with Crippen molar-refractivity contribution in [2.75, 3.05) is 29.6 Å². The zero-order valence-electron chi connectivity index (χ0n) is 10.3. The van der Waals surface area contributed by atoms with Gasteiger partial charge in [-0.3, -0.25) is 0 Å². The fourth-order valence-corrected chi connectivity index (χ4v) is 3.88. The lowest BCUT2D eigenvalue weighted by atomic mass is 10.4. The van der Waals surface area contributed by atoms with Crippen LogP contribution < -0.4 is 5.32 Å². The Kier molecular flexibility index (Phi) is 6.37. The summed E-state index contributed by atoms with van der Waals surface area (Å²) < 4.78 is 22.9. The summed E-state index contributed by atoms with van der Waals surface area (Å²) in [6, 6.07) is 0. The Hall–Kier alpha value is -0.340. The molecular weight excluding hydrogens is 338 g/mol. The highest BCUT2D eigenvalue weighted by atomic mass is 79.9. The number of nitrogens with zero attached hydrogens (tertiary/aromatic N) is 2. The van der Waals surface area contributed by atoms with Gasteiger partial charge in [0.2, 0.25) is 0 Å². The topological polar surface area (TPSA) is 72.0 Å². The molecule has 0 spiro atoms. The van der Waals surface area contributed by atoms with Crippen LogP contribution in [0.3, 0.4) is 0 Å². The van der Waals surface area contributed by atoms with Crippen LogP contribution >= 0.6 is 27.7 Å². The largest absolute Gasteiger partial charge is 0.369 e. The molecule has 0 aromatic carbocycles. The van der Waals surface area contributed by atoms with Crippen LogP contribution in [0.1, 0.15) is 13.3 Å². The van der Waals surface area contributed by atoms with Crippen LogP contribution in [0.2, 0.25) is 0 Å². The molecule has 102 valence electrons. The molecule has 0 aliphatic rings. The van der Waals surface area contributed by atoms with Crippen LogP contribution in [0.25, 0.3) is 0 Å². The zero-order chi connectivity index (χ0) is 13.6. The molecule has 1 aromatic heterocycles. The minimum absolute atomic E-state index is 0.145. The third-order valence-corrected chi connectivity index (χ3v) is 5.20. The second-order valence-corrected chi connectivity index (χ2v) is 7.88. The van der Waals surface area contributed by atoms with Gasteiger partial charge in [-0.25, -0.2) is 18.4 Å². The number of sulfone groups is 1. The van der Waals surface area contributed by atoms with Crippen molar-refractivity contribution in [3.8, 4) is 0 Å². The van der Waals surface area contributed by atoms with E-state index in [-0.39, 0.29) is 5.75 Å². The molecule has 0 saturated carbocycles. The van der Waals surface area contributed by atoms with Gasteiger partial charge in [0.15, 0.2) is 0 Å². The van der Waals surface area contributed by atoms with E-state index < -0.39 is 9.84 Å². The first-order chi connectivity index (χ1) is 8.44. The molecule has 0 saturated heterocycles. The van der Waals surface area contributed by atoms with E-state index in [1.54, 1.807) is 0 Å². The fraction of sp³-hybridized carbons (Fsp3) is 0.600. The molecule has 1 heterocycles. The number of rotatable bonds is 7. The van der Waals surface area contributed by atoms with E-state index in [1.165, 1.54) is 24.3 Å². The molecule has 0 amide bonds. The number of anilines is 1. The van der Waals surface area contributed by atoms with Crippen molar-refractivity contribution in [2.45, 2.75) is 18.4 Å². The first-order valence-corrected chi connectivity index (χ1v) is 9.33. The average Bonchev–Trinajstić information content (AvgIpc) is 2.28. The summed E-state index contributed by atoms with van der Waals surface area (Å²) in [6.45, 7) is 2.91. The number of halogens is 1. The number of hydrogen-bond donors (Lipinski definition) is 1. The third kappa shape index (κ3) is 5.53. The number of hydrogen-bond acceptors (Lipinski definition) is 6. The smallest absolute Gasteiger partial charge is 0.148 e. The number of aromatic nitrogens is 2. The quantitative estimate of drug-likeness (QED) is 0.598. The van der Waals surface area contributed by atoms with Crippen LogP contribution in [-0.4, -0.2) is 42.7 Å². The van der Waals surface area contributed by atoms with Crippen molar-refractivity contribution in [1.82, 2.24) is 9.97 Å². The molecule has 1 N–H and O–H groups in total. The fourth-order valence-electron chi connectivity index (χ4n) is 1.11. The Morgan fingerprint density at radius 1 is 1.44 bits per heavy atom. The van der Waals surface area contributed by atoms with E-state index in [9.17, 15) is 8.42 Å². The first-order valence-electron chi connectivity index (χ1n) is 5.49. The molecule has 0 radical (unpaired) electrons. The van der Waals surface area contributed by atoms with Crippen LogP contribution in [0.5, 0.6) is 0 Å². The van der Waals surface area contributed by atoms with E-state index in [2.05, 4.69) is 38.1 Å². The Morgan fingerprint density at radius 2 is 2.17 bits per heavy atom. The maximum Gasteiger partial charge on any atom is 0.148 e. The van der Waals surface area contributed by atoms with Crippen molar-refractivity contribution < 1.29 is 8.42 Å². The monoisotopic (exact) mass is 353 g/mol. The summed E-state index contributed by atoms with van der Waals surface area (Å²) in [5.41, 5.74) is 0. The third-order valence-electron chi connectivity index (χ3n) is 1.99. The minimum atomic E-state index is -2.93. The maximum atomic E-state index is 11.0. The summed E-state index contributed by atoms with van der Waals surface area (Å²) in [5, 5.41) is 3.94. The molecule has 0 fully saturated rings. The summed E-state index contributed by atoms with van der Waals surface area (Å²) in [6.07, 6.45) is 3.72. The van der Waals surface area contributed by atoms with Gasteiger partial charge in [-0.15, -0.1) is 11.8 Å². The second kappa shape index (κ2) is 7.30. The summed E-state index contributed by atoms with van der Waals surface area (Å²) in [4.78, 5) is 8.27. The van der Waals surface area contributed by atoms with Crippen LogP contribution in [0, 0.1) is 0 Å². The molecule has 0 atom stereocenters. The SMILES string of the molecule is CCCNc1ncnc(SCCS(C)(=O)=O)c1Br. The van der Waals surface area contributed by atoms with Crippen molar-refractivity contribution in [3.05, 3.63) is 10.8 Å². The standard InChI is InChI=1S/C10H16BrN3O2S2/c1-3-4-12-9-8(11)10(14-7-13-9)17-5-6-18(2,15)16/h7H,3-6H2,1-2H3,(H,12,13,14). The van der Waals surface area contributed by atoms with Gasteiger partial charge in [-0.1, -0.05) is 6.92 Å². The molecule has 8 heteroatoms. The molecular formula is C10H16BrN3O2S2. The van der Waals surface area contributed by atoms with Crippen LogP contribution in [0.15, 0.2) is 15.8 Å². The highest BCUT2D eigenvalue weighted by Crippen LogP contribution is 2.30. The molecule has 5 nitrogen and oxygen atoms in total. The minimum Gasteiger partial charge on any atom is -0.369 e. The zero-order valence-corrected chi connectivity index (χ0v) is 13.5. The lowest BCUT2D eigenvalue weighted by molar-refractivity contribution is 0.603. The predicted octanol–water partition coefficient (Wildman–Crippen LogP) is 2.20. The van der Waals surface area contributed by atoms with Gasteiger partial charge in [0.05, 0.1) is 10.2 Å². The highest BCUT2D eigenvalue weighted by molar-refractivity contribution is 9.10. The van der Waals surface area contributed by atoms with E-state index in [0.29, 0.717) is 5.75 Å². The Morgan fingerprint density at radius 3 is 2.78 bits per heavy atom. The average molecular weight is 354 g/mol. The second-order valence-electron chi connectivity index (χ2n) is 3.75. The van der Waals surface area contributed by atoms with Crippen LogP contribution in [0.4, 0.5) is 5.82 Å². The molecule has 0 aliphatic carbocycles. The molecule has 0 unspecified atom stereocenters. The van der Waals surface area contributed by atoms with Gasteiger partial charge in [-0.2, -0.15) is 0 Å². The summed E-state index contributed by atoms with van der Waals surface area (Å²) in [5.74, 6) is 1.38. The van der Waals surface area contributed by atoms with Crippen LogP contribution in [-0.2, 0) is 9.84 Å². The van der Waals surface area contributed by atoms with Gasteiger partial charge < -0.3 is 5.32 Å². The first kappa shape index (κ1) is 15.7. The molecule has 0 bridgehead atoms. The lowest BCUT2D eigenvalue weighted by Crippen LogP contribution is -2.06. The van der Waals surface area contributed by atoms with E-state index in [0.717, 1.165) is 28.3 Å². The number of thioether (sulfide) groups is 1. The molecule has 18 heavy (non-hydrogen) atoms. The molecule has 1 aromatic rings. The number of nitrogens with one attached hydrogen (secondary N) is 1. The van der Waals surface area contributed by atoms with Gasteiger partial charge >= 0.3 is 0 Å². The van der Waals surface area contributed by atoms with E-state index >= 15 is 0 Å². The van der Waals surface area contributed by atoms with Crippen molar-refractivity contribution in [1.29, 1.82) is 0 Å². The normalized spacial score (nSPS) is 11.5. The molecule has 0 aliphatic heterocycles.